The van der Waals surface area contributed by atoms with Crippen LogP contribution in [0.15, 0.2) is 18.3 Å². The van der Waals surface area contributed by atoms with Gasteiger partial charge in [-0.25, -0.2) is 4.98 Å². The number of carbonyl (C=O) groups is 1. The van der Waals surface area contributed by atoms with Crippen LogP contribution in [-0.2, 0) is 4.79 Å². The van der Waals surface area contributed by atoms with Crippen LogP contribution in [0.3, 0.4) is 0 Å². The lowest BCUT2D eigenvalue weighted by Gasteiger charge is -2.24. The minimum Gasteiger partial charge on any atom is -0.371 e. The molecule has 1 amide bonds. The van der Waals surface area contributed by atoms with Crippen LogP contribution in [0.5, 0.6) is 0 Å². The highest BCUT2D eigenvalue weighted by atomic mass is 16.2. The quantitative estimate of drug-likeness (QED) is 0.678. The molecular formula is C9H11N3O. The van der Waals surface area contributed by atoms with Gasteiger partial charge in [-0.3, -0.25) is 4.79 Å². The lowest BCUT2D eigenvalue weighted by Crippen LogP contribution is -2.38. The predicted octanol–water partition coefficient (Wildman–Crippen LogP) is 1.22. The van der Waals surface area contributed by atoms with E-state index in [9.17, 15) is 4.79 Å². The number of aromatic nitrogens is 1. The van der Waals surface area contributed by atoms with E-state index in [4.69, 9.17) is 0 Å². The normalized spacial score (nSPS) is 20.1. The van der Waals surface area contributed by atoms with Gasteiger partial charge in [0.25, 0.3) is 0 Å². The zero-order valence-electron chi connectivity index (χ0n) is 7.37. The van der Waals surface area contributed by atoms with Gasteiger partial charge in [0.1, 0.15) is 6.04 Å². The van der Waals surface area contributed by atoms with E-state index in [2.05, 4.69) is 15.6 Å². The summed E-state index contributed by atoms with van der Waals surface area (Å²) in [7, 11) is 0. The van der Waals surface area contributed by atoms with Crippen molar-refractivity contribution < 1.29 is 4.79 Å². The van der Waals surface area contributed by atoms with Crippen LogP contribution >= 0.6 is 0 Å². The Hall–Kier alpha value is -1.58. The molecule has 0 spiro atoms. The Balaban J connectivity index is 2.33. The molecule has 13 heavy (non-hydrogen) atoms. The van der Waals surface area contributed by atoms with Crippen LogP contribution in [0.2, 0.25) is 0 Å². The van der Waals surface area contributed by atoms with Gasteiger partial charge in [0.2, 0.25) is 5.91 Å². The number of pyridine rings is 1. The molecule has 0 aromatic carbocycles. The molecule has 2 N–H and O–H groups in total. The molecular weight excluding hydrogens is 166 g/mol. The highest BCUT2D eigenvalue weighted by Crippen LogP contribution is 2.23. The Morgan fingerprint density at radius 2 is 2.46 bits per heavy atom. The molecule has 4 nitrogen and oxygen atoms in total. The second-order valence-electron chi connectivity index (χ2n) is 2.99. The summed E-state index contributed by atoms with van der Waals surface area (Å²) in [5.41, 5.74) is 0.897. The first-order valence-electron chi connectivity index (χ1n) is 4.33. The zero-order chi connectivity index (χ0) is 9.26. The van der Waals surface area contributed by atoms with Crippen molar-refractivity contribution in [3.63, 3.8) is 0 Å². The SMILES string of the molecule is CCC1Nc2cccnc2NC1=O. The van der Waals surface area contributed by atoms with Crippen LogP contribution < -0.4 is 10.6 Å². The number of nitrogens with zero attached hydrogens (tertiary/aromatic N) is 1. The lowest BCUT2D eigenvalue weighted by molar-refractivity contribution is -0.117. The van der Waals surface area contributed by atoms with Gasteiger partial charge in [-0.15, -0.1) is 0 Å². The molecule has 0 saturated carbocycles. The molecule has 1 atom stereocenters. The number of amides is 1. The van der Waals surface area contributed by atoms with E-state index in [1.165, 1.54) is 0 Å². The van der Waals surface area contributed by atoms with Gasteiger partial charge in [0, 0.05) is 6.20 Å². The molecule has 1 aromatic heterocycles. The molecule has 0 radical (unpaired) electrons. The maximum Gasteiger partial charge on any atom is 0.248 e. The van der Waals surface area contributed by atoms with Crippen molar-refractivity contribution in [2.24, 2.45) is 0 Å². The van der Waals surface area contributed by atoms with E-state index >= 15 is 0 Å². The maximum atomic E-state index is 11.4. The average Bonchev–Trinajstić information content (AvgIpc) is 2.17. The molecule has 1 unspecified atom stereocenters. The van der Waals surface area contributed by atoms with E-state index in [1.807, 2.05) is 19.1 Å². The predicted molar refractivity (Wildman–Crippen MR) is 50.6 cm³/mol. The smallest absolute Gasteiger partial charge is 0.248 e. The van der Waals surface area contributed by atoms with E-state index in [1.54, 1.807) is 6.20 Å². The minimum absolute atomic E-state index is 0.00583. The molecule has 1 aromatic rings. The second kappa shape index (κ2) is 3.05. The fourth-order valence-corrected chi connectivity index (χ4v) is 1.37. The Kier molecular flexibility index (Phi) is 1.88. The van der Waals surface area contributed by atoms with E-state index in [0.29, 0.717) is 5.82 Å². The van der Waals surface area contributed by atoms with Crippen molar-refractivity contribution in [1.29, 1.82) is 0 Å². The average molecular weight is 177 g/mol. The molecule has 4 heteroatoms. The number of rotatable bonds is 1. The van der Waals surface area contributed by atoms with Crippen molar-refractivity contribution in [3.8, 4) is 0 Å². The summed E-state index contributed by atoms with van der Waals surface area (Å²) in [6.45, 7) is 1.97. The standard InChI is InChI=1S/C9H11N3O/c1-2-6-9(13)12-8-7(11-6)4-3-5-10-8/h3-6,11H,2H2,1H3,(H,10,12,13). The highest BCUT2D eigenvalue weighted by molar-refractivity contribution is 6.01. The number of fused-ring (bicyclic) bond motifs is 1. The third-order valence-electron chi connectivity index (χ3n) is 2.10. The number of anilines is 2. The number of nitrogens with one attached hydrogen (secondary N) is 2. The van der Waals surface area contributed by atoms with Crippen molar-refractivity contribution in [1.82, 2.24) is 4.98 Å². The molecule has 0 bridgehead atoms. The van der Waals surface area contributed by atoms with Gasteiger partial charge in [-0.05, 0) is 18.6 Å². The molecule has 0 fully saturated rings. The first kappa shape index (κ1) is 8.04. The van der Waals surface area contributed by atoms with E-state index in [0.717, 1.165) is 12.1 Å². The Morgan fingerprint density at radius 3 is 3.23 bits per heavy atom. The highest BCUT2D eigenvalue weighted by Gasteiger charge is 2.23. The van der Waals surface area contributed by atoms with Crippen molar-refractivity contribution >= 4 is 17.4 Å². The lowest BCUT2D eigenvalue weighted by atomic mass is 10.1. The van der Waals surface area contributed by atoms with E-state index < -0.39 is 0 Å². The fraction of sp³-hybridized carbons (Fsp3) is 0.333. The fourth-order valence-electron chi connectivity index (χ4n) is 1.37. The van der Waals surface area contributed by atoms with Gasteiger partial charge in [0.15, 0.2) is 5.82 Å². The van der Waals surface area contributed by atoms with Gasteiger partial charge >= 0.3 is 0 Å². The van der Waals surface area contributed by atoms with Crippen LogP contribution in [-0.4, -0.2) is 16.9 Å². The maximum absolute atomic E-state index is 11.4. The third kappa shape index (κ3) is 1.35. The summed E-state index contributed by atoms with van der Waals surface area (Å²) in [6.07, 6.45) is 2.44. The Morgan fingerprint density at radius 1 is 1.62 bits per heavy atom. The van der Waals surface area contributed by atoms with E-state index in [-0.39, 0.29) is 11.9 Å². The molecule has 2 rings (SSSR count). The molecule has 1 aliphatic rings. The summed E-state index contributed by atoms with van der Waals surface area (Å²) < 4.78 is 0. The summed E-state index contributed by atoms with van der Waals surface area (Å²) in [4.78, 5) is 15.4. The van der Waals surface area contributed by atoms with Gasteiger partial charge in [-0.2, -0.15) is 0 Å². The summed E-state index contributed by atoms with van der Waals surface area (Å²) >= 11 is 0. The second-order valence-corrected chi connectivity index (χ2v) is 2.99. The minimum atomic E-state index is -0.128. The number of hydrogen-bond acceptors (Lipinski definition) is 3. The first-order valence-corrected chi connectivity index (χ1v) is 4.33. The van der Waals surface area contributed by atoms with Crippen molar-refractivity contribution in [2.75, 3.05) is 10.6 Å². The molecule has 0 saturated heterocycles. The molecule has 0 aliphatic carbocycles. The third-order valence-corrected chi connectivity index (χ3v) is 2.10. The van der Waals surface area contributed by atoms with Gasteiger partial charge in [-0.1, -0.05) is 6.92 Å². The van der Waals surface area contributed by atoms with Crippen LogP contribution in [0.1, 0.15) is 13.3 Å². The van der Waals surface area contributed by atoms with Crippen LogP contribution in [0, 0.1) is 0 Å². The molecule has 1 aliphatic heterocycles. The largest absolute Gasteiger partial charge is 0.371 e. The topological polar surface area (TPSA) is 54.0 Å². The van der Waals surface area contributed by atoms with Gasteiger partial charge < -0.3 is 10.6 Å². The monoisotopic (exact) mass is 177 g/mol. The first-order chi connectivity index (χ1) is 6.31. The summed E-state index contributed by atoms with van der Waals surface area (Å²) in [5.74, 6) is 0.617. The summed E-state index contributed by atoms with van der Waals surface area (Å²) in [6, 6.07) is 3.62. The van der Waals surface area contributed by atoms with Crippen molar-refractivity contribution in [3.05, 3.63) is 18.3 Å². The Bertz CT molecular complexity index is 337. The molecule has 2 heterocycles. The Labute approximate surface area is 76.4 Å². The number of carbonyl (C=O) groups excluding carboxylic acids is 1. The zero-order valence-corrected chi connectivity index (χ0v) is 7.37. The number of hydrogen-bond donors (Lipinski definition) is 2. The molecule has 68 valence electrons. The van der Waals surface area contributed by atoms with Crippen molar-refractivity contribution in [2.45, 2.75) is 19.4 Å². The van der Waals surface area contributed by atoms with Gasteiger partial charge in [0.05, 0.1) is 5.69 Å². The van der Waals surface area contributed by atoms with Crippen LogP contribution in [0.4, 0.5) is 11.5 Å². The van der Waals surface area contributed by atoms with Crippen LogP contribution in [0.25, 0.3) is 0 Å². The summed E-state index contributed by atoms with van der Waals surface area (Å²) in [5, 5.41) is 5.87.